The first-order chi connectivity index (χ1) is 12.6. The molecule has 1 heterocycles. The highest BCUT2D eigenvalue weighted by Gasteiger charge is 2.27. The Morgan fingerprint density at radius 2 is 1.77 bits per heavy atom. The number of aliphatic hydroxyl groups excluding tert-OH is 1. The highest BCUT2D eigenvalue weighted by Crippen LogP contribution is 2.24. The van der Waals surface area contributed by atoms with Crippen molar-refractivity contribution in [3.63, 3.8) is 0 Å². The Bertz CT molecular complexity index is 654. The Labute approximate surface area is 157 Å². The molecular formula is C23H31NO2. The summed E-state index contributed by atoms with van der Waals surface area (Å²) in [6.45, 7) is 7.93. The van der Waals surface area contributed by atoms with E-state index in [4.69, 9.17) is 4.74 Å². The van der Waals surface area contributed by atoms with Crippen LogP contribution in [0.5, 0.6) is 5.75 Å². The molecule has 1 aliphatic rings. The quantitative estimate of drug-likeness (QED) is 0.812. The fourth-order valence-corrected chi connectivity index (χ4v) is 3.57. The summed E-state index contributed by atoms with van der Waals surface area (Å²) in [7, 11) is 0. The van der Waals surface area contributed by atoms with Gasteiger partial charge in [-0.3, -0.25) is 4.90 Å². The number of aliphatic hydroxyl groups is 1. The first-order valence-electron chi connectivity index (χ1n) is 9.76. The number of hydrogen-bond donors (Lipinski definition) is 1. The van der Waals surface area contributed by atoms with E-state index in [1.54, 1.807) is 0 Å². The van der Waals surface area contributed by atoms with Crippen LogP contribution in [0, 0.1) is 11.8 Å². The van der Waals surface area contributed by atoms with E-state index in [-0.39, 0.29) is 12.0 Å². The SMILES string of the molecule is CC(C)COc1ccc(CC2CN(Cc3ccccc3)CCC2O)cc1. The number of likely N-dealkylation sites (tertiary alicyclic amines) is 1. The second-order valence-electron chi connectivity index (χ2n) is 7.89. The average Bonchev–Trinajstić information content (AvgIpc) is 2.65. The van der Waals surface area contributed by atoms with Crippen molar-refractivity contribution in [2.24, 2.45) is 11.8 Å². The monoisotopic (exact) mass is 353 g/mol. The lowest BCUT2D eigenvalue weighted by atomic mass is 9.88. The van der Waals surface area contributed by atoms with Gasteiger partial charge in [-0.05, 0) is 42.0 Å². The first kappa shape index (κ1) is 18.9. The van der Waals surface area contributed by atoms with E-state index in [0.29, 0.717) is 5.92 Å². The van der Waals surface area contributed by atoms with Crippen LogP contribution in [0.4, 0.5) is 0 Å². The Kier molecular flexibility index (Phi) is 6.70. The zero-order valence-corrected chi connectivity index (χ0v) is 16.0. The van der Waals surface area contributed by atoms with Gasteiger partial charge in [-0.15, -0.1) is 0 Å². The van der Waals surface area contributed by atoms with Gasteiger partial charge in [-0.1, -0.05) is 56.3 Å². The van der Waals surface area contributed by atoms with Gasteiger partial charge in [0, 0.05) is 25.6 Å². The molecule has 2 aromatic rings. The summed E-state index contributed by atoms with van der Waals surface area (Å²) in [6, 6.07) is 19.0. The first-order valence-corrected chi connectivity index (χ1v) is 9.76. The maximum absolute atomic E-state index is 10.5. The van der Waals surface area contributed by atoms with E-state index in [9.17, 15) is 5.11 Å². The van der Waals surface area contributed by atoms with Crippen molar-refractivity contribution in [3.8, 4) is 5.75 Å². The predicted molar refractivity (Wildman–Crippen MR) is 106 cm³/mol. The lowest BCUT2D eigenvalue weighted by Gasteiger charge is -2.36. The molecule has 26 heavy (non-hydrogen) atoms. The number of rotatable bonds is 7. The smallest absolute Gasteiger partial charge is 0.119 e. The molecule has 1 aliphatic heterocycles. The maximum Gasteiger partial charge on any atom is 0.119 e. The summed E-state index contributed by atoms with van der Waals surface area (Å²) in [5.41, 5.74) is 2.61. The Hall–Kier alpha value is -1.84. The summed E-state index contributed by atoms with van der Waals surface area (Å²) in [6.07, 6.45) is 1.56. The van der Waals surface area contributed by atoms with Gasteiger partial charge in [0.25, 0.3) is 0 Å². The largest absolute Gasteiger partial charge is 0.493 e. The van der Waals surface area contributed by atoms with Crippen molar-refractivity contribution in [3.05, 3.63) is 65.7 Å². The number of piperidine rings is 1. The molecule has 1 fully saturated rings. The van der Waals surface area contributed by atoms with E-state index in [2.05, 4.69) is 73.3 Å². The van der Waals surface area contributed by atoms with Crippen molar-refractivity contribution >= 4 is 0 Å². The number of ether oxygens (including phenoxy) is 1. The summed E-state index contributed by atoms with van der Waals surface area (Å²) in [4.78, 5) is 2.47. The maximum atomic E-state index is 10.5. The van der Waals surface area contributed by atoms with E-state index >= 15 is 0 Å². The van der Waals surface area contributed by atoms with Gasteiger partial charge in [-0.25, -0.2) is 0 Å². The van der Waals surface area contributed by atoms with Crippen LogP contribution in [0.15, 0.2) is 54.6 Å². The highest BCUT2D eigenvalue weighted by atomic mass is 16.5. The molecular weight excluding hydrogens is 322 g/mol. The molecule has 0 bridgehead atoms. The third-order valence-corrected chi connectivity index (χ3v) is 5.03. The van der Waals surface area contributed by atoms with Gasteiger partial charge in [0.2, 0.25) is 0 Å². The normalized spacial score (nSPS) is 21.1. The van der Waals surface area contributed by atoms with Crippen LogP contribution in [-0.4, -0.2) is 35.8 Å². The fourth-order valence-electron chi connectivity index (χ4n) is 3.57. The number of nitrogens with zero attached hydrogens (tertiary/aromatic N) is 1. The van der Waals surface area contributed by atoms with Crippen LogP contribution in [0.2, 0.25) is 0 Å². The molecule has 3 heteroatoms. The number of hydrogen-bond acceptors (Lipinski definition) is 3. The Balaban J connectivity index is 1.55. The van der Waals surface area contributed by atoms with Gasteiger partial charge in [0.05, 0.1) is 12.7 Å². The van der Waals surface area contributed by atoms with Crippen LogP contribution in [0.25, 0.3) is 0 Å². The highest BCUT2D eigenvalue weighted by molar-refractivity contribution is 5.27. The molecule has 2 atom stereocenters. The van der Waals surface area contributed by atoms with Gasteiger partial charge in [-0.2, -0.15) is 0 Å². The molecule has 0 saturated carbocycles. The number of benzene rings is 2. The summed E-state index contributed by atoms with van der Waals surface area (Å²) < 4.78 is 5.76. The minimum Gasteiger partial charge on any atom is -0.493 e. The standard InChI is InChI=1S/C23H31NO2/c1-18(2)17-26-22-10-8-19(9-11-22)14-21-16-24(13-12-23(21)25)15-20-6-4-3-5-7-20/h3-11,18,21,23,25H,12-17H2,1-2H3. The fraction of sp³-hybridized carbons (Fsp3) is 0.478. The van der Waals surface area contributed by atoms with Gasteiger partial charge in [0.1, 0.15) is 5.75 Å². The third kappa shape index (κ3) is 5.58. The van der Waals surface area contributed by atoms with Crippen LogP contribution in [0.1, 0.15) is 31.4 Å². The molecule has 0 radical (unpaired) electrons. The molecule has 1 saturated heterocycles. The summed E-state index contributed by atoms with van der Waals surface area (Å²) >= 11 is 0. The molecule has 3 nitrogen and oxygen atoms in total. The predicted octanol–water partition coefficient (Wildman–Crippen LogP) is 4.15. The van der Waals surface area contributed by atoms with Crippen LogP contribution in [0.3, 0.4) is 0 Å². The summed E-state index contributed by atoms with van der Waals surface area (Å²) in [5.74, 6) is 1.75. The van der Waals surface area contributed by atoms with Gasteiger partial charge >= 0.3 is 0 Å². The Morgan fingerprint density at radius 3 is 2.46 bits per heavy atom. The van der Waals surface area contributed by atoms with E-state index < -0.39 is 0 Å². The Morgan fingerprint density at radius 1 is 1.04 bits per heavy atom. The second kappa shape index (κ2) is 9.20. The van der Waals surface area contributed by atoms with Gasteiger partial charge in [0.15, 0.2) is 0 Å². The molecule has 2 unspecified atom stereocenters. The molecule has 2 aromatic carbocycles. The van der Waals surface area contributed by atoms with Crippen molar-refractivity contribution in [2.75, 3.05) is 19.7 Å². The molecule has 1 N–H and O–H groups in total. The molecule has 3 rings (SSSR count). The average molecular weight is 354 g/mol. The lowest BCUT2D eigenvalue weighted by Crippen LogP contribution is -2.43. The molecule has 140 valence electrons. The van der Waals surface area contributed by atoms with Crippen LogP contribution >= 0.6 is 0 Å². The molecule has 0 aromatic heterocycles. The van der Waals surface area contributed by atoms with Crippen molar-refractivity contribution < 1.29 is 9.84 Å². The topological polar surface area (TPSA) is 32.7 Å². The zero-order chi connectivity index (χ0) is 18.4. The molecule has 0 aliphatic carbocycles. The van der Waals surface area contributed by atoms with Crippen LogP contribution in [-0.2, 0) is 13.0 Å². The zero-order valence-electron chi connectivity index (χ0n) is 16.0. The second-order valence-corrected chi connectivity index (χ2v) is 7.89. The molecule has 0 spiro atoms. The third-order valence-electron chi connectivity index (χ3n) is 5.03. The van der Waals surface area contributed by atoms with Crippen LogP contribution < -0.4 is 4.74 Å². The lowest BCUT2D eigenvalue weighted by molar-refractivity contribution is 0.0239. The minimum absolute atomic E-state index is 0.209. The minimum atomic E-state index is -0.209. The van der Waals surface area contributed by atoms with E-state index in [1.165, 1.54) is 11.1 Å². The van der Waals surface area contributed by atoms with Crippen molar-refractivity contribution in [1.29, 1.82) is 0 Å². The van der Waals surface area contributed by atoms with Crippen molar-refractivity contribution in [2.45, 2.75) is 39.3 Å². The molecule has 0 amide bonds. The van der Waals surface area contributed by atoms with E-state index in [1.807, 2.05) is 0 Å². The van der Waals surface area contributed by atoms with Crippen molar-refractivity contribution in [1.82, 2.24) is 4.90 Å². The van der Waals surface area contributed by atoms with Gasteiger partial charge < -0.3 is 9.84 Å². The summed E-state index contributed by atoms with van der Waals surface area (Å²) in [5, 5.41) is 10.5. The van der Waals surface area contributed by atoms with E-state index in [0.717, 1.165) is 44.8 Å².